The van der Waals surface area contributed by atoms with Crippen molar-refractivity contribution < 1.29 is 4.74 Å². The van der Waals surface area contributed by atoms with Gasteiger partial charge in [-0.3, -0.25) is 0 Å². The molecule has 0 spiro atoms. The van der Waals surface area contributed by atoms with E-state index in [0.717, 1.165) is 23.8 Å². The van der Waals surface area contributed by atoms with Crippen molar-refractivity contribution in [3.8, 4) is 0 Å². The van der Waals surface area contributed by atoms with Gasteiger partial charge in [-0.25, -0.2) is 9.97 Å². The minimum Gasteiger partial charge on any atom is -0.361 e. The summed E-state index contributed by atoms with van der Waals surface area (Å²) in [5.41, 5.74) is 1.56. The van der Waals surface area contributed by atoms with Crippen molar-refractivity contribution in [2.45, 2.75) is 32.4 Å². The summed E-state index contributed by atoms with van der Waals surface area (Å²) in [6, 6.07) is 3.06. The second kappa shape index (κ2) is 5.91. The van der Waals surface area contributed by atoms with Gasteiger partial charge in [-0.15, -0.1) is 0 Å². The third kappa shape index (κ3) is 4.01. The summed E-state index contributed by atoms with van der Waals surface area (Å²) in [4.78, 5) is 8.63. The fourth-order valence-electron chi connectivity index (χ4n) is 1.60. The molecule has 0 aliphatic heterocycles. The molecule has 0 atom stereocenters. The first-order valence-electron chi connectivity index (χ1n) is 6.12. The van der Waals surface area contributed by atoms with Crippen LogP contribution in [-0.2, 0) is 11.5 Å². The maximum atomic E-state index is 5.97. The quantitative estimate of drug-likeness (QED) is 0.592. The highest BCUT2D eigenvalue weighted by atomic mass is 79.9. The third-order valence-electron chi connectivity index (χ3n) is 2.73. The molecule has 0 fully saturated rings. The number of hydrogen-bond acceptors (Lipinski definition) is 3. The lowest BCUT2D eigenvalue weighted by atomic mass is 10.5. The lowest BCUT2D eigenvalue weighted by Crippen LogP contribution is -2.22. The summed E-state index contributed by atoms with van der Waals surface area (Å²) in [6.45, 7) is 8.28. The normalized spacial score (nSPS) is 12.3. The lowest BCUT2D eigenvalue weighted by molar-refractivity contribution is 0.0899. The van der Waals surface area contributed by atoms with Gasteiger partial charge >= 0.3 is 0 Å². The molecule has 0 bridgehead atoms. The molecule has 2 heterocycles. The second-order valence-corrected chi connectivity index (χ2v) is 12.4. The molecule has 0 N–H and O–H groups in total. The van der Waals surface area contributed by atoms with Gasteiger partial charge in [0.05, 0.1) is 0 Å². The maximum absolute atomic E-state index is 5.97. The number of nitrogens with zero attached hydrogens (tertiary/aromatic N) is 3. The molecular weight excluding hydrogens is 346 g/mol. The Hall–Kier alpha value is -0.433. The molecule has 0 saturated carbocycles. The zero-order chi connectivity index (χ0) is 14.0. The average molecular weight is 363 g/mol. The molecule has 0 amide bonds. The zero-order valence-electron chi connectivity index (χ0n) is 11.3. The average Bonchev–Trinajstić information content (AvgIpc) is 2.67. The van der Waals surface area contributed by atoms with Crippen molar-refractivity contribution >= 4 is 46.8 Å². The zero-order valence-corrected chi connectivity index (χ0v) is 14.6. The summed E-state index contributed by atoms with van der Waals surface area (Å²) in [5.74, 6) is 0. The van der Waals surface area contributed by atoms with Crippen LogP contribution in [0, 0.1) is 0 Å². The number of hydrogen-bond donors (Lipinski definition) is 0. The molecule has 0 unspecified atom stereocenters. The van der Waals surface area contributed by atoms with Crippen LogP contribution in [0.25, 0.3) is 11.2 Å². The van der Waals surface area contributed by atoms with E-state index in [4.69, 9.17) is 16.3 Å². The van der Waals surface area contributed by atoms with E-state index in [-0.39, 0.29) is 0 Å². The number of fused-ring (bicyclic) bond motifs is 1. The SMILES string of the molecule is C[Si](C)(C)CCOCn1ccc2nc(Br)c(Cl)nc21. The van der Waals surface area contributed by atoms with Gasteiger partial charge in [0, 0.05) is 20.9 Å². The standard InChI is InChI=1S/C12H17BrClN3OSi/c1-19(2,3)7-6-18-8-17-5-4-9-12(17)16-11(14)10(13)15-9/h4-5H,6-8H2,1-3H3. The molecule has 2 rings (SSSR count). The van der Waals surface area contributed by atoms with Gasteiger partial charge in [0.25, 0.3) is 0 Å². The Bertz CT molecular complexity index is 582. The number of ether oxygens (including phenoxy) is 1. The van der Waals surface area contributed by atoms with Crippen LogP contribution in [0.15, 0.2) is 16.9 Å². The van der Waals surface area contributed by atoms with E-state index in [0.29, 0.717) is 16.5 Å². The summed E-state index contributed by atoms with van der Waals surface area (Å²) >= 11 is 9.24. The van der Waals surface area contributed by atoms with Gasteiger partial charge in [-0.05, 0) is 28.0 Å². The fraction of sp³-hybridized carbons (Fsp3) is 0.500. The molecule has 2 aromatic heterocycles. The highest BCUT2D eigenvalue weighted by Gasteiger charge is 2.12. The summed E-state index contributed by atoms with van der Waals surface area (Å²) in [7, 11) is -1.04. The second-order valence-electron chi connectivity index (χ2n) is 5.65. The van der Waals surface area contributed by atoms with Crippen LogP contribution in [0.5, 0.6) is 0 Å². The van der Waals surface area contributed by atoms with Crippen LogP contribution in [-0.4, -0.2) is 29.2 Å². The molecule has 104 valence electrons. The Labute approximate surface area is 127 Å². The van der Waals surface area contributed by atoms with Crippen LogP contribution in [0.4, 0.5) is 0 Å². The van der Waals surface area contributed by atoms with Crippen LogP contribution in [0.1, 0.15) is 0 Å². The van der Waals surface area contributed by atoms with Crippen molar-refractivity contribution in [2.75, 3.05) is 6.61 Å². The first-order chi connectivity index (χ1) is 8.87. The van der Waals surface area contributed by atoms with Crippen molar-refractivity contribution in [1.29, 1.82) is 0 Å². The Morgan fingerprint density at radius 3 is 2.79 bits per heavy atom. The minimum absolute atomic E-state index is 0.370. The molecule has 0 saturated heterocycles. The van der Waals surface area contributed by atoms with E-state index in [9.17, 15) is 0 Å². The van der Waals surface area contributed by atoms with Gasteiger partial charge in [-0.1, -0.05) is 31.2 Å². The van der Waals surface area contributed by atoms with Crippen molar-refractivity contribution in [3.63, 3.8) is 0 Å². The first kappa shape index (κ1) is 15.0. The fourth-order valence-corrected chi connectivity index (χ4v) is 2.76. The smallest absolute Gasteiger partial charge is 0.164 e. The molecule has 19 heavy (non-hydrogen) atoms. The molecule has 7 heteroatoms. The van der Waals surface area contributed by atoms with Crippen LogP contribution < -0.4 is 0 Å². The Morgan fingerprint density at radius 2 is 2.11 bits per heavy atom. The highest BCUT2D eigenvalue weighted by molar-refractivity contribution is 9.10. The van der Waals surface area contributed by atoms with Gasteiger partial charge in [0.1, 0.15) is 16.9 Å². The summed E-state index contributed by atoms with van der Waals surface area (Å²) in [5, 5.41) is 0.370. The minimum atomic E-state index is -1.04. The predicted molar refractivity (Wildman–Crippen MR) is 84.3 cm³/mol. The van der Waals surface area contributed by atoms with Gasteiger partial charge in [0.2, 0.25) is 0 Å². The molecule has 0 aliphatic carbocycles. The molecular formula is C12H17BrClN3OSi. The van der Waals surface area contributed by atoms with Crippen molar-refractivity contribution in [3.05, 3.63) is 22.0 Å². The largest absolute Gasteiger partial charge is 0.361 e. The van der Waals surface area contributed by atoms with E-state index in [1.54, 1.807) is 0 Å². The van der Waals surface area contributed by atoms with E-state index < -0.39 is 8.07 Å². The van der Waals surface area contributed by atoms with Gasteiger partial charge < -0.3 is 9.30 Å². The molecule has 4 nitrogen and oxygen atoms in total. The summed E-state index contributed by atoms with van der Waals surface area (Å²) < 4.78 is 8.20. The van der Waals surface area contributed by atoms with Gasteiger partial charge in [0.15, 0.2) is 10.8 Å². The van der Waals surface area contributed by atoms with Crippen molar-refractivity contribution in [1.82, 2.24) is 14.5 Å². The van der Waals surface area contributed by atoms with Crippen molar-refractivity contribution in [2.24, 2.45) is 0 Å². The van der Waals surface area contributed by atoms with E-state index >= 15 is 0 Å². The predicted octanol–water partition coefficient (Wildman–Crippen LogP) is 4.16. The Balaban J connectivity index is 2.03. The Morgan fingerprint density at radius 1 is 1.37 bits per heavy atom. The molecule has 0 radical (unpaired) electrons. The van der Waals surface area contributed by atoms with Gasteiger partial charge in [-0.2, -0.15) is 0 Å². The highest BCUT2D eigenvalue weighted by Crippen LogP contribution is 2.22. The monoisotopic (exact) mass is 361 g/mol. The van der Waals surface area contributed by atoms with E-state index in [1.807, 2.05) is 16.8 Å². The summed E-state index contributed by atoms with van der Waals surface area (Å²) in [6.07, 6.45) is 1.92. The van der Waals surface area contributed by atoms with Crippen LogP contribution in [0.2, 0.25) is 30.8 Å². The Kier molecular flexibility index (Phi) is 4.65. The molecule has 0 aliphatic rings. The number of halogens is 2. The van der Waals surface area contributed by atoms with E-state index in [2.05, 4.69) is 45.5 Å². The van der Waals surface area contributed by atoms with Crippen LogP contribution >= 0.6 is 27.5 Å². The van der Waals surface area contributed by atoms with E-state index in [1.165, 1.54) is 0 Å². The number of rotatable bonds is 5. The first-order valence-corrected chi connectivity index (χ1v) is 11.0. The third-order valence-corrected chi connectivity index (χ3v) is 5.48. The number of aromatic nitrogens is 3. The van der Waals surface area contributed by atoms with Crippen LogP contribution in [0.3, 0.4) is 0 Å². The lowest BCUT2D eigenvalue weighted by Gasteiger charge is -2.15. The topological polar surface area (TPSA) is 39.9 Å². The maximum Gasteiger partial charge on any atom is 0.164 e. The molecule has 2 aromatic rings. The molecule has 0 aromatic carbocycles.